The van der Waals surface area contributed by atoms with Gasteiger partial charge in [-0.1, -0.05) is 0 Å². The van der Waals surface area contributed by atoms with Gasteiger partial charge in [0.25, 0.3) is 0 Å². The van der Waals surface area contributed by atoms with Crippen LogP contribution >= 0.6 is 0 Å². The summed E-state index contributed by atoms with van der Waals surface area (Å²) >= 11 is 0. The maximum atomic E-state index is 10.8. The summed E-state index contributed by atoms with van der Waals surface area (Å²) in [5.41, 5.74) is 2.77. The molecule has 24 heavy (non-hydrogen) atoms. The van der Waals surface area contributed by atoms with Gasteiger partial charge < -0.3 is 10.2 Å². The fourth-order valence-electron chi connectivity index (χ4n) is 3.03. The van der Waals surface area contributed by atoms with Crippen LogP contribution in [0.2, 0.25) is 0 Å². The summed E-state index contributed by atoms with van der Waals surface area (Å²) in [6, 6.07) is 8.13. The zero-order valence-electron chi connectivity index (χ0n) is 13.2. The zero-order valence-corrected chi connectivity index (χ0v) is 13.2. The summed E-state index contributed by atoms with van der Waals surface area (Å²) in [4.78, 5) is 21.1. The highest BCUT2D eigenvalue weighted by Crippen LogP contribution is 2.21. The normalized spacial score (nSPS) is 15.6. The van der Waals surface area contributed by atoms with Gasteiger partial charge in [0.15, 0.2) is 5.65 Å². The second-order valence-electron chi connectivity index (χ2n) is 5.93. The Bertz CT molecular complexity index is 839. The van der Waals surface area contributed by atoms with Crippen molar-refractivity contribution in [2.45, 2.75) is 18.9 Å². The molecule has 7 nitrogen and oxygen atoms in total. The Balaban J connectivity index is 1.58. The molecule has 0 unspecified atom stereocenters. The van der Waals surface area contributed by atoms with Gasteiger partial charge in [-0.3, -0.25) is 9.78 Å². The van der Waals surface area contributed by atoms with E-state index in [4.69, 9.17) is 0 Å². The molecule has 1 fully saturated rings. The van der Waals surface area contributed by atoms with Crippen molar-refractivity contribution in [1.29, 1.82) is 0 Å². The quantitative estimate of drug-likeness (QED) is 0.742. The topological polar surface area (TPSA) is 75.4 Å². The van der Waals surface area contributed by atoms with Crippen molar-refractivity contribution in [1.82, 2.24) is 24.5 Å². The van der Waals surface area contributed by atoms with Crippen molar-refractivity contribution < 1.29 is 4.79 Å². The number of rotatable bonds is 4. The lowest BCUT2D eigenvalue weighted by Gasteiger charge is -2.29. The molecule has 1 N–H and O–H groups in total. The summed E-state index contributed by atoms with van der Waals surface area (Å²) in [5.74, 6) is 0.820. The third-order valence-corrected chi connectivity index (χ3v) is 4.37. The largest absolute Gasteiger partial charge is 0.366 e. The van der Waals surface area contributed by atoms with Crippen LogP contribution in [0, 0.1) is 0 Å². The minimum Gasteiger partial charge on any atom is -0.366 e. The number of nitrogens with zero attached hydrogens (tertiary/aromatic N) is 5. The van der Waals surface area contributed by atoms with Gasteiger partial charge in [0.1, 0.15) is 5.82 Å². The first-order valence-corrected chi connectivity index (χ1v) is 8.04. The van der Waals surface area contributed by atoms with Gasteiger partial charge in [0, 0.05) is 37.1 Å². The first-order chi connectivity index (χ1) is 11.8. The first-order valence-electron chi connectivity index (χ1n) is 8.04. The number of imidazole rings is 1. The van der Waals surface area contributed by atoms with Crippen molar-refractivity contribution in [2.75, 3.05) is 18.4 Å². The highest BCUT2D eigenvalue weighted by Gasteiger charge is 2.18. The molecule has 1 amide bonds. The molecule has 4 rings (SSSR count). The van der Waals surface area contributed by atoms with Crippen LogP contribution in [-0.2, 0) is 4.79 Å². The Morgan fingerprint density at radius 2 is 1.92 bits per heavy atom. The van der Waals surface area contributed by atoms with Crippen molar-refractivity contribution >= 4 is 17.9 Å². The van der Waals surface area contributed by atoms with Crippen molar-refractivity contribution in [3.05, 3.63) is 42.9 Å². The van der Waals surface area contributed by atoms with E-state index in [0.29, 0.717) is 6.04 Å². The fourth-order valence-corrected chi connectivity index (χ4v) is 3.03. The highest BCUT2D eigenvalue weighted by atomic mass is 16.1. The van der Waals surface area contributed by atoms with Gasteiger partial charge in [-0.25, -0.2) is 9.50 Å². The lowest BCUT2D eigenvalue weighted by Crippen LogP contribution is -2.38. The molecule has 1 aliphatic heterocycles. The van der Waals surface area contributed by atoms with Crippen LogP contribution in [0.15, 0.2) is 42.9 Å². The van der Waals surface area contributed by atoms with Crippen molar-refractivity contribution in [2.24, 2.45) is 0 Å². The first kappa shape index (κ1) is 14.6. The third-order valence-electron chi connectivity index (χ3n) is 4.37. The van der Waals surface area contributed by atoms with E-state index in [9.17, 15) is 4.79 Å². The van der Waals surface area contributed by atoms with Crippen LogP contribution in [0.25, 0.3) is 16.9 Å². The number of nitrogens with one attached hydrogen (secondary N) is 1. The van der Waals surface area contributed by atoms with E-state index in [-0.39, 0.29) is 0 Å². The van der Waals surface area contributed by atoms with Gasteiger partial charge in [-0.15, -0.1) is 5.10 Å². The summed E-state index contributed by atoms with van der Waals surface area (Å²) in [5, 5.41) is 8.16. The Kier molecular flexibility index (Phi) is 3.82. The number of aromatic nitrogens is 4. The molecule has 3 aromatic rings. The summed E-state index contributed by atoms with van der Waals surface area (Å²) in [7, 11) is 0. The number of piperidine rings is 1. The Morgan fingerprint density at radius 3 is 2.67 bits per heavy atom. The van der Waals surface area contributed by atoms with E-state index in [0.717, 1.165) is 55.1 Å². The van der Waals surface area contributed by atoms with E-state index in [1.54, 1.807) is 12.4 Å². The molecule has 122 valence electrons. The smallest absolute Gasteiger partial charge is 0.209 e. The molecular weight excluding hydrogens is 304 g/mol. The van der Waals surface area contributed by atoms with Gasteiger partial charge in [0.05, 0.1) is 11.9 Å². The van der Waals surface area contributed by atoms with Crippen LogP contribution in [0.1, 0.15) is 12.8 Å². The molecule has 0 aromatic carbocycles. The van der Waals surface area contributed by atoms with Gasteiger partial charge in [-0.2, -0.15) is 0 Å². The molecule has 0 saturated carbocycles. The molecule has 0 bridgehead atoms. The number of anilines is 1. The molecule has 1 saturated heterocycles. The number of carbonyl (C=O) groups is 1. The summed E-state index contributed by atoms with van der Waals surface area (Å²) in [6.45, 7) is 1.58. The Morgan fingerprint density at radius 1 is 1.12 bits per heavy atom. The van der Waals surface area contributed by atoms with E-state index in [1.165, 1.54) is 0 Å². The molecule has 0 radical (unpaired) electrons. The van der Waals surface area contributed by atoms with E-state index >= 15 is 0 Å². The van der Waals surface area contributed by atoms with Crippen LogP contribution < -0.4 is 5.32 Å². The number of fused-ring (bicyclic) bond motifs is 1. The zero-order chi connectivity index (χ0) is 16.4. The monoisotopic (exact) mass is 322 g/mol. The predicted octanol–water partition coefficient (Wildman–Crippen LogP) is 1.82. The molecular formula is C17H18N6O. The molecule has 0 spiro atoms. The van der Waals surface area contributed by atoms with Crippen LogP contribution in [0.4, 0.5) is 5.82 Å². The average molecular weight is 322 g/mol. The number of pyridine rings is 1. The second-order valence-corrected chi connectivity index (χ2v) is 5.93. The number of likely N-dealkylation sites (tertiary alicyclic amines) is 1. The molecule has 0 aliphatic carbocycles. The number of hydrogen-bond donors (Lipinski definition) is 1. The van der Waals surface area contributed by atoms with Crippen LogP contribution in [0.3, 0.4) is 0 Å². The SMILES string of the molecule is O=CN1CCC(Nc2ccc3ncc(-c4ccncc4)n3n2)CC1. The molecule has 1 aliphatic rings. The minimum absolute atomic E-state index is 0.332. The number of hydrogen-bond acceptors (Lipinski definition) is 5. The van der Waals surface area contributed by atoms with Gasteiger partial charge in [-0.05, 0) is 37.1 Å². The van der Waals surface area contributed by atoms with Crippen molar-refractivity contribution in [3.63, 3.8) is 0 Å². The van der Waals surface area contributed by atoms with Crippen LogP contribution in [-0.4, -0.2) is 50.0 Å². The Hall–Kier alpha value is -2.96. The standard InChI is InChI=1S/C17H18N6O/c24-12-22-9-5-14(6-10-22)20-16-1-2-17-19-11-15(23(17)21-16)13-3-7-18-8-4-13/h1-4,7-8,11-12,14H,5-6,9-10H2,(H,20,21). The predicted molar refractivity (Wildman–Crippen MR) is 90.5 cm³/mol. The second kappa shape index (κ2) is 6.27. The maximum Gasteiger partial charge on any atom is 0.209 e. The average Bonchev–Trinajstić information content (AvgIpc) is 3.06. The molecule has 3 aromatic heterocycles. The molecule has 7 heteroatoms. The van der Waals surface area contributed by atoms with Gasteiger partial charge in [0.2, 0.25) is 6.41 Å². The summed E-state index contributed by atoms with van der Waals surface area (Å²) < 4.78 is 1.85. The highest BCUT2D eigenvalue weighted by molar-refractivity contribution is 5.63. The van der Waals surface area contributed by atoms with Gasteiger partial charge >= 0.3 is 0 Å². The lowest BCUT2D eigenvalue weighted by atomic mass is 10.1. The third kappa shape index (κ3) is 2.80. The molecule has 4 heterocycles. The lowest BCUT2D eigenvalue weighted by molar-refractivity contribution is -0.118. The minimum atomic E-state index is 0.332. The van der Waals surface area contributed by atoms with E-state index in [1.807, 2.05) is 39.9 Å². The molecule has 0 atom stereocenters. The summed E-state index contributed by atoms with van der Waals surface area (Å²) in [6.07, 6.45) is 8.13. The van der Waals surface area contributed by atoms with Crippen molar-refractivity contribution in [3.8, 4) is 11.3 Å². The fraction of sp³-hybridized carbons (Fsp3) is 0.294. The maximum absolute atomic E-state index is 10.8. The van der Waals surface area contributed by atoms with E-state index in [2.05, 4.69) is 20.4 Å². The number of amides is 1. The Labute approximate surface area is 139 Å². The van der Waals surface area contributed by atoms with E-state index < -0.39 is 0 Å². The van der Waals surface area contributed by atoms with Crippen LogP contribution in [0.5, 0.6) is 0 Å². The number of carbonyl (C=O) groups excluding carboxylic acids is 1.